The summed E-state index contributed by atoms with van der Waals surface area (Å²) in [5, 5.41) is 8.62. The minimum atomic E-state index is 0. The summed E-state index contributed by atoms with van der Waals surface area (Å²) in [6, 6.07) is 7.48. The van der Waals surface area contributed by atoms with Gasteiger partial charge in [-0.2, -0.15) is 5.26 Å². The summed E-state index contributed by atoms with van der Waals surface area (Å²) in [5.41, 5.74) is 4.85. The number of hydrazine groups is 1. The quantitative estimate of drug-likeness (QED) is 0.513. The third kappa shape index (κ3) is 2.12. The van der Waals surface area contributed by atoms with Crippen LogP contribution in [0.5, 0.6) is 0 Å². The molecule has 0 bridgehead atoms. The summed E-state index contributed by atoms with van der Waals surface area (Å²) in [6.07, 6.45) is 0. The average Bonchev–Trinajstić information content (AvgIpc) is 2.05. The van der Waals surface area contributed by atoms with Gasteiger partial charge in [0, 0.05) is 5.69 Å². The normalized spacial score (nSPS) is 8.08. The van der Waals surface area contributed by atoms with Gasteiger partial charge in [0.2, 0.25) is 0 Å². The number of aryl methyl sites for hydroxylation is 1. The second kappa shape index (κ2) is 4.60. The molecule has 64 valence electrons. The van der Waals surface area contributed by atoms with E-state index in [4.69, 9.17) is 11.1 Å². The number of benzene rings is 1. The SMILES string of the molecule is Cc1ccc(NN)cc1C#N.Cl. The molecule has 0 aromatic heterocycles. The van der Waals surface area contributed by atoms with Crippen molar-refractivity contribution in [2.24, 2.45) is 5.84 Å². The molecule has 1 aromatic rings. The van der Waals surface area contributed by atoms with E-state index in [1.54, 1.807) is 6.07 Å². The van der Waals surface area contributed by atoms with E-state index in [1.165, 1.54) is 0 Å². The molecule has 0 heterocycles. The fourth-order valence-electron chi connectivity index (χ4n) is 0.832. The lowest BCUT2D eigenvalue weighted by molar-refractivity contribution is 1.32. The molecule has 3 nitrogen and oxygen atoms in total. The zero-order chi connectivity index (χ0) is 8.27. The van der Waals surface area contributed by atoms with E-state index in [2.05, 4.69) is 11.5 Å². The summed E-state index contributed by atoms with van der Waals surface area (Å²) in [7, 11) is 0. The molecule has 0 amide bonds. The maximum absolute atomic E-state index is 8.62. The van der Waals surface area contributed by atoms with Gasteiger partial charge in [0.15, 0.2) is 0 Å². The maximum Gasteiger partial charge on any atom is 0.0995 e. The van der Waals surface area contributed by atoms with Crippen molar-refractivity contribution >= 4 is 18.1 Å². The van der Waals surface area contributed by atoms with Crippen molar-refractivity contribution in [1.29, 1.82) is 5.26 Å². The molecule has 0 radical (unpaired) electrons. The van der Waals surface area contributed by atoms with Crippen molar-refractivity contribution < 1.29 is 0 Å². The van der Waals surface area contributed by atoms with Crippen LogP contribution in [0.2, 0.25) is 0 Å². The number of hydrogen-bond acceptors (Lipinski definition) is 3. The van der Waals surface area contributed by atoms with Crippen molar-refractivity contribution in [1.82, 2.24) is 0 Å². The lowest BCUT2D eigenvalue weighted by atomic mass is 10.1. The molecule has 3 N–H and O–H groups in total. The third-order valence-corrected chi connectivity index (χ3v) is 1.52. The van der Waals surface area contributed by atoms with E-state index in [9.17, 15) is 0 Å². The Hall–Kier alpha value is -1.24. The van der Waals surface area contributed by atoms with Crippen molar-refractivity contribution in [2.75, 3.05) is 5.43 Å². The van der Waals surface area contributed by atoms with Gasteiger partial charge in [0.1, 0.15) is 0 Å². The van der Waals surface area contributed by atoms with Gasteiger partial charge >= 0.3 is 0 Å². The Balaban J connectivity index is 0.00000121. The minimum Gasteiger partial charge on any atom is -0.324 e. The molecule has 1 aromatic carbocycles. The molecular weight excluding hydrogens is 174 g/mol. The Bertz CT molecular complexity index is 304. The average molecular weight is 184 g/mol. The Kier molecular flexibility index (Phi) is 4.12. The van der Waals surface area contributed by atoms with E-state index < -0.39 is 0 Å². The van der Waals surface area contributed by atoms with Crippen LogP contribution in [0, 0.1) is 18.3 Å². The summed E-state index contributed by atoms with van der Waals surface area (Å²) in [4.78, 5) is 0. The van der Waals surface area contributed by atoms with Crippen LogP contribution in [0.1, 0.15) is 11.1 Å². The lowest BCUT2D eigenvalue weighted by Crippen LogP contribution is -2.06. The van der Waals surface area contributed by atoms with Crippen LogP contribution in [0.15, 0.2) is 18.2 Å². The smallest absolute Gasteiger partial charge is 0.0995 e. The van der Waals surface area contributed by atoms with E-state index >= 15 is 0 Å². The maximum atomic E-state index is 8.62. The number of nitriles is 1. The Labute approximate surface area is 77.6 Å². The van der Waals surface area contributed by atoms with Crippen LogP contribution in [0.25, 0.3) is 0 Å². The third-order valence-electron chi connectivity index (χ3n) is 1.52. The Morgan fingerprint density at radius 1 is 1.50 bits per heavy atom. The molecule has 12 heavy (non-hydrogen) atoms. The van der Waals surface area contributed by atoms with Gasteiger partial charge in [-0.25, -0.2) is 0 Å². The Morgan fingerprint density at radius 3 is 2.67 bits per heavy atom. The van der Waals surface area contributed by atoms with Crippen molar-refractivity contribution in [2.45, 2.75) is 6.92 Å². The molecule has 0 aliphatic heterocycles. The number of nitrogens with two attached hydrogens (primary N) is 1. The molecule has 0 atom stereocenters. The monoisotopic (exact) mass is 183 g/mol. The highest BCUT2D eigenvalue weighted by Gasteiger charge is 1.96. The topological polar surface area (TPSA) is 61.8 Å². The second-order valence-corrected chi connectivity index (χ2v) is 2.29. The minimum absolute atomic E-state index is 0. The molecule has 0 fully saturated rings. The highest BCUT2D eigenvalue weighted by molar-refractivity contribution is 5.85. The fraction of sp³-hybridized carbons (Fsp3) is 0.125. The zero-order valence-corrected chi connectivity index (χ0v) is 7.48. The highest BCUT2D eigenvalue weighted by Crippen LogP contribution is 2.12. The van der Waals surface area contributed by atoms with Gasteiger partial charge in [0.05, 0.1) is 11.6 Å². The predicted octanol–water partition coefficient (Wildman–Crippen LogP) is 1.57. The van der Waals surface area contributed by atoms with Gasteiger partial charge in [-0.15, -0.1) is 12.4 Å². The number of anilines is 1. The molecule has 1 rings (SSSR count). The lowest BCUT2D eigenvalue weighted by Gasteiger charge is -2.00. The van der Waals surface area contributed by atoms with Crippen molar-refractivity contribution in [3.63, 3.8) is 0 Å². The first-order chi connectivity index (χ1) is 5.27. The van der Waals surface area contributed by atoms with Crippen LogP contribution in [-0.2, 0) is 0 Å². The van der Waals surface area contributed by atoms with Gasteiger partial charge in [0.25, 0.3) is 0 Å². The standard InChI is InChI=1S/C8H9N3.ClH/c1-6-2-3-8(11-10)4-7(6)5-9;/h2-4,11H,10H2,1H3;1H. The van der Waals surface area contributed by atoms with Gasteiger partial charge < -0.3 is 5.43 Å². The summed E-state index contributed by atoms with van der Waals surface area (Å²) >= 11 is 0. The second-order valence-electron chi connectivity index (χ2n) is 2.29. The number of rotatable bonds is 1. The molecule has 0 spiro atoms. The molecular formula is C8H10ClN3. The van der Waals surface area contributed by atoms with Crippen LogP contribution in [0.4, 0.5) is 5.69 Å². The predicted molar refractivity (Wildman–Crippen MR) is 51.0 cm³/mol. The largest absolute Gasteiger partial charge is 0.324 e. The number of nitrogens with zero attached hydrogens (tertiary/aromatic N) is 1. The van der Waals surface area contributed by atoms with Crippen LogP contribution < -0.4 is 11.3 Å². The molecule has 0 aliphatic rings. The van der Waals surface area contributed by atoms with Gasteiger partial charge in [-0.05, 0) is 24.6 Å². The van der Waals surface area contributed by atoms with E-state index in [0.717, 1.165) is 11.3 Å². The summed E-state index contributed by atoms with van der Waals surface area (Å²) in [6.45, 7) is 1.89. The molecule has 0 unspecified atom stereocenters. The molecule has 0 aliphatic carbocycles. The van der Waals surface area contributed by atoms with Gasteiger partial charge in [-0.3, -0.25) is 5.84 Å². The van der Waals surface area contributed by atoms with E-state index in [0.29, 0.717) is 5.56 Å². The first-order valence-corrected chi connectivity index (χ1v) is 3.25. The van der Waals surface area contributed by atoms with E-state index in [1.807, 2.05) is 19.1 Å². The first-order valence-electron chi connectivity index (χ1n) is 3.25. The zero-order valence-electron chi connectivity index (χ0n) is 6.66. The van der Waals surface area contributed by atoms with Crippen LogP contribution >= 0.6 is 12.4 Å². The number of nitrogens with one attached hydrogen (secondary N) is 1. The number of nitrogen functional groups attached to an aromatic ring is 1. The number of hydrogen-bond donors (Lipinski definition) is 2. The molecule has 0 saturated heterocycles. The van der Waals surface area contributed by atoms with E-state index in [-0.39, 0.29) is 12.4 Å². The van der Waals surface area contributed by atoms with Crippen molar-refractivity contribution in [3.8, 4) is 6.07 Å². The van der Waals surface area contributed by atoms with Gasteiger partial charge in [-0.1, -0.05) is 6.07 Å². The van der Waals surface area contributed by atoms with Crippen LogP contribution in [0.3, 0.4) is 0 Å². The first kappa shape index (κ1) is 10.8. The van der Waals surface area contributed by atoms with Crippen LogP contribution in [-0.4, -0.2) is 0 Å². The Morgan fingerprint density at radius 2 is 2.17 bits per heavy atom. The molecule has 4 heteroatoms. The number of halogens is 1. The summed E-state index contributed by atoms with van der Waals surface area (Å²) in [5.74, 6) is 5.16. The summed E-state index contributed by atoms with van der Waals surface area (Å²) < 4.78 is 0. The fourth-order valence-corrected chi connectivity index (χ4v) is 0.832. The molecule has 0 saturated carbocycles. The van der Waals surface area contributed by atoms with Crippen molar-refractivity contribution in [3.05, 3.63) is 29.3 Å². The highest BCUT2D eigenvalue weighted by atomic mass is 35.5.